The Kier molecular flexibility index (Phi) is 7.80. The van der Waals surface area contributed by atoms with Crippen LogP contribution in [0.25, 0.3) is 0 Å². The van der Waals surface area contributed by atoms with E-state index in [4.69, 9.17) is 35.4 Å². The lowest BCUT2D eigenvalue weighted by Crippen LogP contribution is -2.57. The highest BCUT2D eigenvalue weighted by molar-refractivity contribution is 7.80. The van der Waals surface area contributed by atoms with Gasteiger partial charge >= 0.3 is 0 Å². The smallest absolute Gasteiger partial charge is 0.226 e. The average molecular weight is 438 g/mol. The van der Waals surface area contributed by atoms with Crippen molar-refractivity contribution in [2.45, 2.75) is 30.8 Å². The first-order chi connectivity index (χ1) is 13.1. The largest absolute Gasteiger partial charge is 0.340 e. The molecular formula is C20H21Cl2N3O2S. The lowest BCUT2D eigenvalue weighted by molar-refractivity contribution is -0.121. The number of anilines is 1. The summed E-state index contributed by atoms with van der Waals surface area (Å²) in [6, 6.07) is 16.2. The van der Waals surface area contributed by atoms with Gasteiger partial charge in [-0.3, -0.25) is 9.59 Å². The van der Waals surface area contributed by atoms with E-state index in [9.17, 15) is 9.59 Å². The van der Waals surface area contributed by atoms with E-state index in [1.165, 1.54) is 6.92 Å². The minimum absolute atomic E-state index is 0.0199. The molecule has 148 valence electrons. The zero-order chi connectivity index (χ0) is 20.7. The normalized spacial score (nSPS) is 12.0. The van der Waals surface area contributed by atoms with Gasteiger partial charge in [-0.2, -0.15) is 0 Å². The summed E-state index contributed by atoms with van der Waals surface area (Å²) in [6.07, 6.45) is -0.626. The van der Waals surface area contributed by atoms with Crippen molar-refractivity contribution in [3.8, 4) is 0 Å². The number of Topliss-reactive ketones (excluding diaryl/α,β-unsaturated/α-hetero) is 1. The van der Waals surface area contributed by atoms with Crippen molar-refractivity contribution >= 4 is 57.9 Å². The molecule has 0 saturated carbocycles. The fraction of sp³-hybridized carbons (Fsp3) is 0.250. The number of ketones is 1. The molecule has 28 heavy (non-hydrogen) atoms. The quantitative estimate of drug-likeness (QED) is 0.263. The van der Waals surface area contributed by atoms with Gasteiger partial charge in [0.1, 0.15) is 6.17 Å². The molecule has 1 amide bonds. The van der Waals surface area contributed by atoms with Crippen LogP contribution in [-0.2, 0) is 11.2 Å². The molecule has 2 rings (SSSR count). The van der Waals surface area contributed by atoms with E-state index in [1.54, 1.807) is 31.2 Å². The van der Waals surface area contributed by atoms with Crippen LogP contribution < -0.4 is 16.0 Å². The molecule has 0 aromatic heterocycles. The Balaban J connectivity index is 1.98. The first-order valence-electron chi connectivity index (χ1n) is 8.55. The van der Waals surface area contributed by atoms with Crippen LogP contribution in [0.5, 0.6) is 0 Å². The van der Waals surface area contributed by atoms with E-state index in [2.05, 4.69) is 16.0 Å². The highest BCUT2D eigenvalue weighted by Crippen LogP contribution is 2.23. The third kappa shape index (κ3) is 7.11. The predicted octanol–water partition coefficient (Wildman–Crippen LogP) is 4.05. The summed E-state index contributed by atoms with van der Waals surface area (Å²) in [6.45, 7) is 3.06. The second-order valence-corrected chi connectivity index (χ2v) is 8.52. The third-order valence-electron chi connectivity index (χ3n) is 3.84. The van der Waals surface area contributed by atoms with Crippen LogP contribution in [0.1, 0.15) is 29.8 Å². The van der Waals surface area contributed by atoms with Gasteiger partial charge < -0.3 is 16.0 Å². The number of halogens is 2. The van der Waals surface area contributed by atoms with Crippen molar-refractivity contribution in [2.24, 2.45) is 0 Å². The summed E-state index contributed by atoms with van der Waals surface area (Å²) in [5.74, 6) is -0.265. The van der Waals surface area contributed by atoms with E-state index in [0.717, 1.165) is 5.56 Å². The van der Waals surface area contributed by atoms with Crippen molar-refractivity contribution in [1.29, 1.82) is 0 Å². The van der Waals surface area contributed by atoms with Crippen LogP contribution in [0.2, 0.25) is 0 Å². The average Bonchev–Trinajstić information content (AvgIpc) is 2.61. The van der Waals surface area contributed by atoms with Gasteiger partial charge in [0.05, 0.1) is 6.42 Å². The molecule has 0 aliphatic rings. The SMILES string of the molecule is CC(=O)c1ccc(NC(=S)NC(NC(=O)Cc2ccccc2)C(C)(Cl)Cl)cc1. The Labute approximate surface area is 179 Å². The van der Waals surface area contributed by atoms with E-state index in [-0.39, 0.29) is 23.2 Å². The molecule has 0 spiro atoms. The van der Waals surface area contributed by atoms with Gasteiger partial charge in [-0.15, -0.1) is 0 Å². The van der Waals surface area contributed by atoms with Crippen LogP contribution in [-0.4, -0.2) is 27.3 Å². The van der Waals surface area contributed by atoms with Gasteiger partial charge in [0, 0.05) is 11.3 Å². The second-order valence-electron chi connectivity index (χ2n) is 6.35. The molecule has 8 heteroatoms. The Morgan fingerprint density at radius 1 is 1.04 bits per heavy atom. The molecule has 0 fully saturated rings. The van der Waals surface area contributed by atoms with Crippen LogP contribution in [0.4, 0.5) is 5.69 Å². The van der Waals surface area contributed by atoms with E-state index < -0.39 is 10.5 Å². The minimum atomic E-state index is -1.31. The molecule has 0 heterocycles. The molecule has 3 N–H and O–H groups in total. The Morgan fingerprint density at radius 3 is 2.18 bits per heavy atom. The molecule has 0 radical (unpaired) electrons. The first kappa shape index (κ1) is 22.1. The molecule has 0 aliphatic heterocycles. The summed E-state index contributed by atoms with van der Waals surface area (Å²) in [4.78, 5) is 23.7. The number of alkyl halides is 2. The lowest BCUT2D eigenvalue weighted by Gasteiger charge is -2.29. The summed E-state index contributed by atoms with van der Waals surface area (Å²) in [7, 11) is 0. The van der Waals surface area contributed by atoms with Gasteiger partial charge in [-0.25, -0.2) is 0 Å². The van der Waals surface area contributed by atoms with Crippen molar-refractivity contribution < 1.29 is 9.59 Å². The van der Waals surface area contributed by atoms with E-state index in [1.807, 2.05) is 30.3 Å². The van der Waals surface area contributed by atoms with Crippen LogP contribution in [0.3, 0.4) is 0 Å². The molecular weight excluding hydrogens is 417 g/mol. The number of benzene rings is 2. The monoisotopic (exact) mass is 437 g/mol. The number of amides is 1. The fourth-order valence-corrected chi connectivity index (χ4v) is 2.82. The maximum atomic E-state index is 12.3. The molecule has 1 unspecified atom stereocenters. The van der Waals surface area contributed by atoms with Crippen molar-refractivity contribution in [1.82, 2.24) is 10.6 Å². The van der Waals surface area contributed by atoms with Crippen LogP contribution >= 0.6 is 35.4 Å². The summed E-state index contributed by atoms with van der Waals surface area (Å²) in [5.41, 5.74) is 2.16. The number of hydrogen-bond acceptors (Lipinski definition) is 3. The van der Waals surface area contributed by atoms with Crippen molar-refractivity contribution in [3.05, 3.63) is 65.7 Å². The minimum Gasteiger partial charge on any atom is -0.340 e. The number of carbonyl (C=O) groups is 2. The highest BCUT2D eigenvalue weighted by atomic mass is 35.5. The highest BCUT2D eigenvalue weighted by Gasteiger charge is 2.31. The second kappa shape index (κ2) is 9.87. The number of nitrogens with one attached hydrogen (secondary N) is 3. The Bertz CT molecular complexity index is 837. The number of hydrogen-bond donors (Lipinski definition) is 3. The van der Waals surface area contributed by atoms with Gasteiger partial charge in [0.2, 0.25) is 5.91 Å². The third-order valence-corrected chi connectivity index (χ3v) is 4.50. The predicted molar refractivity (Wildman–Crippen MR) is 118 cm³/mol. The number of carbonyl (C=O) groups excluding carboxylic acids is 2. The maximum absolute atomic E-state index is 12.3. The van der Waals surface area contributed by atoms with E-state index >= 15 is 0 Å². The van der Waals surface area contributed by atoms with Gasteiger partial charge in [0.25, 0.3) is 0 Å². The summed E-state index contributed by atoms with van der Waals surface area (Å²) >= 11 is 17.7. The summed E-state index contributed by atoms with van der Waals surface area (Å²) < 4.78 is -1.31. The molecule has 1 atom stereocenters. The zero-order valence-electron chi connectivity index (χ0n) is 15.5. The number of rotatable bonds is 7. The van der Waals surface area contributed by atoms with Gasteiger partial charge in [0.15, 0.2) is 15.2 Å². The Morgan fingerprint density at radius 2 is 1.64 bits per heavy atom. The fourth-order valence-electron chi connectivity index (χ4n) is 2.37. The summed E-state index contributed by atoms with van der Waals surface area (Å²) in [5, 5.41) is 8.88. The van der Waals surface area contributed by atoms with Crippen LogP contribution in [0.15, 0.2) is 54.6 Å². The molecule has 0 bridgehead atoms. The number of thiocarbonyl (C=S) groups is 1. The Hall–Kier alpha value is -2.15. The molecule has 5 nitrogen and oxygen atoms in total. The van der Waals surface area contributed by atoms with Gasteiger partial charge in [-0.1, -0.05) is 53.5 Å². The lowest BCUT2D eigenvalue weighted by atomic mass is 10.1. The van der Waals surface area contributed by atoms with Crippen molar-refractivity contribution in [3.63, 3.8) is 0 Å². The molecule has 2 aromatic carbocycles. The molecule has 2 aromatic rings. The molecule has 0 aliphatic carbocycles. The van der Waals surface area contributed by atoms with Crippen LogP contribution in [0, 0.1) is 0 Å². The first-order valence-corrected chi connectivity index (χ1v) is 9.71. The zero-order valence-corrected chi connectivity index (χ0v) is 17.8. The van der Waals surface area contributed by atoms with Crippen molar-refractivity contribution in [2.75, 3.05) is 5.32 Å². The maximum Gasteiger partial charge on any atom is 0.226 e. The van der Waals surface area contributed by atoms with Gasteiger partial charge in [-0.05, 0) is 55.9 Å². The van der Waals surface area contributed by atoms with E-state index in [0.29, 0.717) is 11.3 Å². The molecule has 0 saturated heterocycles. The topological polar surface area (TPSA) is 70.2 Å². The standard InChI is InChI=1S/C20H21Cl2N3O2S/c1-13(26)15-8-10-16(11-9-15)23-19(28)25-18(20(2,21)22)24-17(27)12-14-6-4-3-5-7-14/h3-11,18H,12H2,1-2H3,(H,24,27)(H2,23,25,28).